The van der Waals surface area contributed by atoms with E-state index in [2.05, 4.69) is 15.4 Å². The highest BCUT2D eigenvalue weighted by Gasteiger charge is 2.08. The number of fused-ring (bicyclic) bond motifs is 1. The van der Waals surface area contributed by atoms with E-state index in [0.29, 0.717) is 11.3 Å². The molecule has 0 aliphatic carbocycles. The first-order chi connectivity index (χ1) is 8.83. The summed E-state index contributed by atoms with van der Waals surface area (Å²) in [5, 5.41) is 6.95. The van der Waals surface area contributed by atoms with Gasteiger partial charge < -0.3 is 5.32 Å². The summed E-state index contributed by atoms with van der Waals surface area (Å²) in [5.41, 5.74) is 1.81. The molecule has 2 heterocycles. The number of hydrogen-bond donors (Lipinski definition) is 1. The number of hydrogen-bond acceptors (Lipinski definition) is 3. The molecule has 0 unspecified atom stereocenters. The lowest BCUT2D eigenvalue weighted by atomic mass is 10.3. The first-order valence-corrected chi connectivity index (χ1v) is 5.50. The smallest absolute Gasteiger partial charge is 0.276 e. The second-order valence-corrected chi connectivity index (χ2v) is 3.77. The molecule has 0 bridgehead atoms. The van der Waals surface area contributed by atoms with E-state index in [4.69, 9.17) is 0 Å². The molecule has 0 saturated heterocycles. The summed E-state index contributed by atoms with van der Waals surface area (Å²) < 4.78 is 1.57. The van der Waals surface area contributed by atoms with Crippen molar-refractivity contribution in [3.8, 4) is 0 Å². The number of imidazole rings is 1. The lowest BCUT2D eigenvalue weighted by Crippen LogP contribution is -2.14. The van der Waals surface area contributed by atoms with Gasteiger partial charge in [0.1, 0.15) is 5.69 Å². The van der Waals surface area contributed by atoms with Crippen molar-refractivity contribution in [2.75, 3.05) is 5.32 Å². The van der Waals surface area contributed by atoms with Crippen LogP contribution in [0.1, 0.15) is 10.5 Å². The van der Waals surface area contributed by atoms with Gasteiger partial charge in [-0.15, -0.1) is 0 Å². The molecule has 18 heavy (non-hydrogen) atoms. The van der Waals surface area contributed by atoms with Gasteiger partial charge in [-0.3, -0.25) is 4.79 Å². The number of rotatable bonds is 2. The Labute approximate surface area is 103 Å². The number of amides is 1. The minimum atomic E-state index is -0.239. The molecule has 3 aromatic rings. The highest BCUT2D eigenvalue weighted by molar-refractivity contribution is 6.02. The largest absolute Gasteiger partial charge is 0.321 e. The van der Waals surface area contributed by atoms with Gasteiger partial charge in [0.05, 0.1) is 0 Å². The van der Waals surface area contributed by atoms with E-state index in [0.717, 1.165) is 5.69 Å². The van der Waals surface area contributed by atoms with Crippen molar-refractivity contribution in [3.05, 3.63) is 60.6 Å². The Morgan fingerprint density at radius 2 is 1.94 bits per heavy atom. The Balaban J connectivity index is 1.87. The Morgan fingerprint density at radius 1 is 1.11 bits per heavy atom. The predicted octanol–water partition coefficient (Wildman–Crippen LogP) is 1.98. The van der Waals surface area contributed by atoms with Crippen LogP contribution < -0.4 is 5.32 Å². The molecule has 0 fully saturated rings. The van der Waals surface area contributed by atoms with Crippen LogP contribution in [0.5, 0.6) is 0 Å². The van der Waals surface area contributed by atoms with E-state index in [-0.39, 0.29) is 5.91 Å². The number of para-hydroxylation sites is 1. The number of anilines is 1. The summed E-state index contributed by atoms with van der Waals surface area (Å²) in [4.78, 5) is 16.0. The summed E-state index contributed by atoms with van der Waals surface area (Å²) in [6.45, 7) is 0. The average Bonchev–Trinajstić information content (AvgIpc) is 2.87. The molecule has 1 amide bonds. The zero-order chi connectivity index (χ0) is 12.4. The van der Waals surface area contributed by atoms with Crippen molar-refractivity contribution in [2.45, 2.75) is 0 Å². The molecule has 0 radical (unpaired) electrons. The van der Waals surface area contributed by atoms with Gasteiger partial charge in [-0.1, -0.05) is 18.2 Å². The number of nitrogens with one attached hydrogen (secondary N) is 1. The summed E-state index contributed by atoms with van der Waals surface area (Å²) >= 11 is 0. The lowest BCUT2D eigenvalue weighted by molar-refractivity contribution is 0.102. The summed E-state index contributed by atoms with van der Waals surface area (Å²) in [6.07, 6.45) is 3.34. The topological polar surface area (TPSA) is 59.3 Å². The minimum Gasteiger partial charge on any atom is -0.321 e. The van der Waals surface area contributed by atoms with Crippen molar-refractivity contribution in [2.24, 2.45) is 0 Å². The van der Waals surface area contributed by atoms with Crippen LogP contribution in [0, 0.1) is 0 Å². The maximum absolute atomic E-state index is 12.0. The number of carbonyl (C=O) groups excluding carboxylic acids is 1. The summed E-state index contributed by atoms with van der Waals surface area (Å²) in [5.74, 6) is -0.239. The molecule has 2 aromatic heterocycles. The van der Waals surface area contributed by atoms with Gasteiger partial charge in [-0.25, -0.2) is 9.50 Å². The molecule has 0 aliphatic rings. The fourth-order valence-electron chi connectivity index (χ4n) is 1.65. The normalized spacial score (nSPS) is 10.4. The van der Waals surface area contributed by atoms with Crippen LogP contribution in [0.2, 0.25) is 0 Å². The lowest BCUT2D eigenvalue weighted by Gasteiger charge is -2.04. The summed E-state index contributed by atoms with van der Waals surface area (Å²) in [7, 11) is 0. The number of carbonyl (C=O) groups is 1. The van der Waals surface area contributed by atoms with Gasteiger partial charge in [0.2, 0.25) is 0 Å². The fourth-order valence-corrected chi connectivity index (χ4v) is 1.65. The van der Waals surface area contributed by atoms with E-state index in [9.17, 15) is 4.79 Å². The van der Waals surface area contributed by atoms with Crippen LogP contribution in [0.25, 0.3) is 5.65 Å². The van der Waals surface area contributed by atoms with Gasteiger partial charge in [0.15, 0.2) is 5.65 Å². The van der Waals surface area contributed by atoms with E-state index < -0.39 is 0 Å². The van der Waals surface area contributed by atoms with Gasteiger partial charge >= 0.3 is 0 Å². The fraction of sp³-hybridized carbons (Fsp3) is 0. The van der Waals surface area contributed by atoms with Crippen LogP contribution in [0.3, 0.4) is 0 Å². The van der Waals surface area contributed by atoms with Crippen molar-refractivity contribution < 1.29 is 4.79 Å². The minimum absolute atomic E-state index is 0.239. The Bertz CT molecular complexity index is 690. The number of aromatic nitrogens is 3. The molecule has 5 heteroatoms. The Morgan fingerprint density at radius 3 is 2.78 bits per heavy atom. The highest BCUT2D eigenvalue weighted by atomic mass is 16.1. The second-order valence-electron chi connectivity index (χ2n) is 3.77. The first kappa shape index (κ1) is 10.5. The van der Waals surface area contributed by atoms with Crippen LogP contribution in [0.15, 0.2) is 54.9 Å². The number of nitrogens with zero attached hydrogens (tertiary/aromatic N) is 3. The van der Waals surface area contributed by atoms with Crippen molar-refractivity contribution in [3.63, 3.8) is 0 Å². The maximum Gasteiger partial charge on any atom is 0.276 e. The van der Waals surface area contributed by atoms with Crippen LogP contribution >= 0.6 is 0 Å². The second kappa shape index (κ2) is 4.29. The van der Waals surface area contributed by atoms with Crippen LogP contribution in [-0.2, 0) is 0 Å². The molecule has 1 N–H and O–H groups in total. The molecule has 3 rings (SSSR count). The standard InChI is InChI=1S/C13H10N4O/c18-13(15-10-4-2-1-3-5-10)11-6-7-12-14-8-9-17(12)16-11/h1-9H,(H,15,18). The third-order valence-corrected chi connectivity index (χ3v) is 2.52. The Kier molecular flexibility index (Phi) is 2.49. The van der Waals surface area contributed by atoms with Crippen molar-refractivity contribution >= 4 is 17.2 Å². The highest BCUT2D eigenvalue weighted by Crippen LogP contribution is 2.08. The van der Waals surface area contributed by atoms with E-state index in [1.807, 2.05) is 30.3 Å². The van der Waals surface area contributed by atoms with Crippen LogP contribution in [-0.4, -0.2) is 20.5 Å². The molecule has 1 aromatic carbocycles. The zero-order valence-electron chi connectivity index (χ0n) is 9.45. The maximum atomic E-state index is 12.0. The molecule has 5 nitrogen and oxygen atoms in total. The van der Waals surface area contributed by atoms with E-state index in [1.54, 1.807) is 29.0 Å². The molecule has 88 valence electrons. The van der Waals surface area contributed by atoms with Crippen molar-refractivity contribution in [1.82, 2.24) is 14.6 Å². The molecule has 0 atom stereocenters. The van der Waals surface area contributed by atoms with Gasteiger partial charge in [0.25, 0.3) is 5.91 Å². The summed E-state index contributed by atoms with van der Waals surface area (Å²) in [6, 6.07) is 12.7. The third-order valence-electron chi connectivity index (χ3n) is 2.52. The average molecular weight is 238 g/mol. The van der Waals surface area contributed by atoms with Crippen LogP contribution in [0.4, 0.5) is 5.69 Å². The molecule has 0 spiro atoms. The molecule has 0 saturated carbocycles. The first-order valence-electron chi connectivity index (χ1n) is 5.50. The number of benzene rings is 1. The van der Waals surface area contributed by atoms with Gasteiger partial charge in [-0.05, 0) is 24.3 Å². The van der Waals surface area contributed by atoms with Crippen molar-refractivity contribution in [1.29, 1.82) is 0 Å². The zero-order valence-corrected chi connectivity index (χ0v) is 9.45. The molecular weight excluding hydrogens is 228 g/mol. The Hall–Kier alpha value is -2.69. The van der Waals surface area contributed by atoms with Gasteiger partial charge in [-0.2, -0.15) is 5.10 Å². The third kappa shape index (κ3) is 1.93. The van der Waals surface area contributed by atoms with E-state index in [1.165, 1.54) is 0 Å². The molecular formula is C13H10N4O. The van der Waals surface area contributed by atoms with E-state index >= 15 is 0 Å². The quantitative estimate of drug-likeness (QED) is 0.742. The molecule has 0 aliphatic heterocycles. The SMILES string of the molecule is O=C(Nc1ccccc1)c1ccc2nccn2n1. The monoisotopic (exact) mass is 238 g/mol. The predicted molar refractivity (Wildman–Crippen MR) is 67.4 cm³/mol. The van der Waals surface area contributed by atoms with Gasteiger partial charge in [0, 0.05) is 18.1 Å².